The van der Waals surface area contributed by atoms with Gasteiger partial charge in [0.2, 0.25) is 0 Å². The average Bonchev–Trinajstić information content (AvgIpc) is 2.71. The van der Waals surface area contributed by atoms with Crippen molar-refractivity contribution in [3.05, 3.63) is 71.0 Å². The Morgan fingerprint density at radius 2 is 1.76 bits per heavy atom. The van der Waals surface area contributed by atoms with Crippen molar-refractivity contribution in [2.75, 3.05) is 6.54 Å². The van der Waals surface area contributed by atoms with Gasteiger partial charge in [-0.05, 0) is 75.8 Å². The zero-order chi connectivity index (χ0) is 23.8. The van der Waals surface area contributed by atoms with E-state index in [1.807, 2.05) is 50.8 Å². The molecule has 2 aromatic carbocycles. The maximum absolute atomic E-state index is 13.6. The Kier molecular flexibility index (Phi) is 6.08. The fourth-order valence-corrected chi connectivity index (χ4v) is 4.83. The third-order valence-electron chi connectivity index (χ3n) is 6.25. The maximum atomic E-state index is 13.6. The molecular weight excluding hydrogens is 421 g/mol. The van der Waals surface area contributed by atoms with E-state index in [4.69, 9.17) is 4.74 Å². The lowest BCUT2D eigenvalue weighted by molar-refractivity contribution is 0.0368. The van der Waals surface area contributed by atoms with Crippen molar-refractivity contribution in [2.45, 2.75) is 70.2 Å². The standard InChI is InChI=1S/C26H32FN3O3/c1-25(2,3)33-24(32)29-26(4)15-20(16-26)28-23(31)30-14-13-17-7-5-6-8-21(17)22(30)18-9-11-19(27)12-10-18/h5-12,20,22H,13-16H2,1-4H3,(H,28,31)(H,29,32)/t20?,22-,26?/m0/s1. The molecule has 176 valence electrons. The quantitative estimate of drug-likeness (QED) is 0.692. The number of alkyl carbamates (subject to hydrolysis) is 1. The van der Waals surface area contributed by atoms with Gasteiger partial charge in [0.25, 0.3) is 0 Å². The number of urea groups is 1. The number of rotatable bonds is 3. The lowest BCUT2D eigenvalue weighted by Gasteiger charge is -2.47. The van der Waals surface area contributed by atoms with E-state index in [0.29, 0.717) is 19.4 Å². The Morgan fingerprint density at radius 1 is 1.09 bits per heavy atom. The summed E-state index contributed by atoms with van der Waals surface area (Å²) in [5.74, 6) is -0.301. The molecule has 1 aliphatic heterocycles. The predicted octanol–water partition coefficient (Wildman–Crippen LogP) is 4.93. The molecule has 1 heterocycles. The molecule has 2 aliphatic rings. The van der Waals surface area contributed by atoms with E-state index < -0.39 is 17.2 Å². The summed E-state index contributed by atoms with van der Waals surface area (Å²) >= 11 is 0. The van der Waals surface area contributed by atoms with E-state index in [9.17, 15) is 14.0 Å². The van der Waals surface area contributed by atoms with Crippen LogP contribution in [0.2, 0.25) is 0 Å². The van der Waals surface area contributed by atoms with Crippen LogP contribution in [0, 0.1) is 5.82 Å². The summed E-state index contributed by atoms with van der Waals surface area (Å²) in [6.07, 6.45) is 1.58. The van der Waals surface area contributed by atoms with Crippen molar-refractivity contribution in [1.29, 1.82) is 0 Å². The molecule has 7 heteroatoms. The van der Waals surface area contributed by atoms with Crippen LogP contribution < -0.4 is 10.6 Å². The molecule has 2 N–H and O–H groups in total. The summed E-state index contributed by atoms with van der Waals surface area (Å²) in [7, 11) is 0. The van der Waals surface area contributed by atoms with E-state index in [1.165, 1.54) is 17.7 Å². The maximum Gasteiger partial charge on any atom is 0.408 e. The summed E-state index contributed by atoms with van der Waals surface area (Å²) in [4.78, 5) is 27.3. The minimum absolute atomic E-state index is 0.0384. The second-order valence-electron chi connectivity index (χ2n) is 10.3. The zero-order valence-electron chi connectivity index (χ0n) is 19.7. The smallest absolute Gasteiger partial charge is 0.408 e. The first-order valence-corrected chi connectivity index (χ1v) is 11.4. The van der Waals surface area contributed by atoms with E-state index in [2.05, 4.69) is 16.7 Å². The van der Waals surface area contributed by atoms with Gasteiger partial charge < -0.3 is 20.3 Å². The highest BCUT2D eigenvalue weighted by Gasteiger charge is 2.44. The third-order valence-corrected chi connectivity index (χ3v) is 6.25. The number of carbonyl (C=O) groups is 2. The van der Waals surface area contributed by atoms with Crippen LogP contribution in [0.3, 0.4) is 0 Å². The molecule has 1 saturated carbocycles. The summed E-state index contributed by atoms with van der Waals surface area (Å²) in [6, 6.07) is 14.0. The molecule has 0 saturated heterocycles. The number of fused-ring (bicyclic) bond motifs is 1. The molecule has 33 heavy (non-hydrogen) atoms. The Balaban J connectivity index is 1.43. The highest BCUT2D eigenvalue weighted by molar-refractivity contribution is 5.77. The number of nitrogens with one attached hydrogen (secondary N) is 2. The lowest BCUT2D eigenvalue weighted by atomic mass is 9.74. The molecule has 0 radical (unpaired) electrons. The minimum atomic E-state index is -0.558. The number of ether oxygens (including phenoxy) is 1. The topological polar surface area (TPSA) is 70.7 Å². The number of hydrogen-bond donors (Lipinski definition) is 2. The fraction of sp³-hybridized carbons (Fsp3) is 0.462. The normalized spacial score (nSPS) is 24.3. The summed E-state index contributed by atoms with van der Waals surface area (Å²) < 4.78 is 18.9. The van der Waals surface area contributed by atoms with Crippen LogP contribution in [-0.2, 0) is 11.2 Å². The van der Waals surface area contributed by atoms with Crippen molar-refractivity contribution in [3.63, 3.8) is 0 Å². The van der Waals surface area contributed by atoms with Gasteiger partial charge in [0.05, 0.1) is 6.04 Å². The van der Waals surface area contributed by atoms with Crippen LogP contribution in [0.25, 0.3) is 0 Å². The van der Waals surface area contributed by atoms with Crippen molar-refractivity contribution in [1.82, 2.24) is 15.5 Å². The highest BCUT2D eigenvalue weighted by atomic mass is 19.1. The van der Waals surface area contributed by atoms with Gasteiger partial charge in [-0.2, -0.15) is 0 Å². The monoisotopic (exact) mass is 453 g/mol. The van der Waals surface area contributed by atoms with Crippen molar-refractivity contribution < 1.29 is 18.7 Å². The molecular formula is C26H32FN3O3. The van der Waals surface area contributed by atoms with Crippen molar-refractivity contribution >= 4 is 12.1 Å². The first-order chi connectivity index (χ1) is 15.5. The number of hydrogen-bond acceptors (Lipinski definition) is 3. The van der Waals surface area contributed by atoms with Crippen molar-refractivity contribution in [2.24, 2.45) is 0 Å². The van der Waals surface area contributed by atoms with Crippen LogP contribution in [0.15, 0.2) is 48.5 Å². The number of amides is 3. The summed E-state index contributed by atoms with van der Waals surface area (Å²) in [5.41, 5.74) is 2.18. The Bertz CT molecular complexity index is 1030. The van der Waals surface area contributed by atoms with E-state index >= 15 is 0 Å². The fourth-order valence-electron chi connectivity index (χ4n) is 4.83. The first kappa shape index (κ1) is 23.1. The first-order valence-electron chi connectivity index (χ1n) is 11.4. The number of benzene rings is 2. The molecule has 2 aromatic rings. The Hall–Kier alpha value is -3.09. The second kappa shape index (κ2) is 8.69. The van der Waals surface area contributed by atoms with Gasteiger partial charge in [0.15, 0.2) is 0 Å². The molecule has 0 unspecified atom stereocenters. The summed E-state index contributed by atoms with van der Waals surface area (Å²) in [6.45, 7) is 8.01. The van der Waals surface area contributed by atoms with Crippen LogP contribution in [0.4, 0.5) is 14.0 Å². The molecule has 1 fully saturated rings. The van der Waals surface area contributed by atoms with Gasteiger partial charge in [0.1, 0.15) is 11.4 Å². The molecule has 4 rings (SSSR count). The van der Waals surface area contributed by atoms with E-state index in [1.54, 1.807) is 12.1 Å². The van der Waals surface area contributed by atoms with Gasteiger partial charge in [-0.15, -0.1) is 0 Å². The lowest BCUT2D eigenvalue weighted by Crippen LogP contribution is -2.63. The predicted molar refractivity (Wildman–Crippen MR) is 124 cm³/mol. The molecule has 1 aliphatic carbocycles. The van der Waals surface area contributed by atoms with Gasteiger partial charge in [-0.25, -0.2) is 14.0 Å². The molecule has 3 amide bonds. The van der Waals surface area contributed by atoms with Crippen molar-refractivity contribution in [3.8, 4) is 0 Å². The molecule has 0 bridgehead atoms. The number of nitrogens with zero attached hydrogens (tertiary/aromatic N) is 1. The molecule has 6 nitrogen and oxygen atoms in total. The third kappa shape index (κ3) is 5.29. The number of halogens is 1. The molecule has 0 aromatic heterocycles. The molecule has 1 atom stereocenters. The summed E-state index contributed by atoms with van der Waals surface area (Å²) in [5, 5.41) is 6.05. The zero-order valence-corrected chi connectivity index (χ0v) is 19.7. The van der Waals surface area contributed by atoms with Crippen LogP contribution in [-0.4, -0.2) is 40.8 Å². The SMILES string of the molecule is CC1(NC(=O)OC(C)(C)C)CC(NC(=O)N2CCc3ccccc3[C@@H]2c2ccc(F)cc2)C1. The van der Waals surface area contributed by atoms with E-state index in [-0.39, 0.29) is 23.9 Å². The Labute approximate surface area is 194 Å². The number of carbonyl (C=O) groups excluding carboxylic acids is 2. The minimum Gasteiger partial charge on any atom is -0.444 e. The van der Waals surface area contributed by atoms with Crippen LogP contribution in [0.1, 0.15) is 63.3 Å². The average molecular weight is 454 g/mol. The van der Waals surface area contributed by atoms with Gasteiger partial charge in [-0.3, -0.25) is 0 Å². The highest BCUT2D eigenvalue weighted by Crippen LogP contribution is 2.37. The second-order valence-corrected chi connectivity index (χ2v) is 10.3. The van der Waals surface area contributed by atoms with E-state index in [0.717, 1.165) is 17.5 Å². The van der Waals surface area contributed by atoms with Gasteiger partial charge >= 0.3 is 12.1 Å². The largest absolute Gasteiger partial charge is 0.444 e. The molecule has 0 spiro atoms. The van der Waals surface area contributed by atoms with Crippen LogP contribution in [0.5, 0.6) is 0 Å². The van der Waals surface area contributed by atoms with Gasteiger partial charge in [0, 0.05) is 18.1 Å². The van der Waals surface area contributed by atoms with Crippen LogP contribution >= 0.6 is 0 Å². The Morgan fingerprint density at radius 3 is 2.42 bits per heavy atom. The van der Waals surface area contributed by atoms with Gasteiger partial charge in [-0.1, -0.05) is 36.4 Å².